The van der Waals surface area contributed by atoms with Crippen molar-refractivity contribution in [3.8, 4) is 0 Å². The molecule has 0 spiro atoms. The largest absolute Gasteiger partial charge is 0.366 e. The van der Waals surface area contributed by atoms with Crippen LogP contribution in [0, 0.1) is 0 Å². The van der Waals surface area contributed by atoms with Gasteiger partial charge >= 0.3 is 0 Å². The number of primary amides is 1. The zero-order valence-electron chi connectivity index (χ0n) is 20.6. The van der Waals surface area contributed by atoms with Crippen LogP contribution in [0.2, 0.25) is 0 Å². The first kappa shape index (κ1) is 25.9. The summed E-state index contributed by atoms with van der Waals surface area (Å²) in [5, 5.41) is 6.26. The summed E-state index contributed by atoms with van der Waals surface area (Å²) in [6.45, 7) is 4.23. The monoisotopic (exact) mass is 473 g/mol. The minimum absolute atomic E-state index is 0.0223. The normalized spacial score (nSPS) is 11.6. The lowest BCUT2D eigenvalue weighted by molar-refractivity contribution is -0.116. The van der Waals surface area contributed by atoms with Crippen molar-refractivity contribution in [3.05, 3.63) is 77.7 Å². The molecule has 0 aliphatic carbocycles. The molecule has 3 aromatic rings. The molecule has 35 heavy (non-hydrogen) atoms. The lowest BCUT2D eigenvalue weighted by Gasteiger charge is -2.17. The molecular weight excluding hydrogens is 438 g/mol. The molecule has 1 aromatic carbocycles. The molecule has 2 aromatic heterocycles. The molecule has 4 N–H and O–H groups in total. The summed E-state index contributed by atoms with van der Waals surface area (Å²) in [5.74, 6) is 0.154. The number of hydrogen-bond acceptors (Lipinski definition) is 5. The maximum atomic E-state index is 12.3. The number of pyridine rings is 2. The van der Waals surface area contributed by atoms with Crippen LogP contribution in [0.4, 0.5) is 17.2 Å². The summed E-state index contributed by atoms with van der Waals surface area (Å²) in [7, 11) is 0. The number of carbonyl (C=O) groups excluding carboxylic acids is 2. The summed E-state index contributed by atoms with van der Waals surface area (Å²) >= 11 is 0. The van der Waals surface area contributed by atoms with Gasteiger partial charge in [0.1, 0.15) is 5.82 Å². The predicted molar refractivity (Wildman–Crippen MR) is 141 cm³/mol. The number of rotatable bonds is 13. The van der Waals surface area contributed by atoms with Gasteiger partial charge in [-0.15, -0.1) is 0 Å². The van der Waals surface area contributed by atoms with Gasteiger partial charge in [-0.05, 0) is 60.2 Å². The maximum absolute atomic E-state index is 12.3. The van der Waals surface area contributed by atoms with Gasteiger partial charge in [-0.3, -0.25) is 14.6 Å². The van der Waals surface area contributed by atoms with Crippen molar-refractivity contribution in [3.63, 3.8) is 0 Å². The van der Waals surface area contributed by atoms with Crippen LogP contribution in [-0.2, 0) is 11.2 Å². The van der Waals surface area contributed by atoms with Crippen LogP contribution in [0.1, 0.15) is 79.8 Å². The highest BCUT2D eigenvalue weighted by Crippen LogP contribution is 2.27. The number of nitrogens with two attached hydrogens (primary N) is 1. The Bertz CT molecular complexity index is 1120. The second-order valence-corrected chi connectivity index (χ2v) is 8.91. The zero-order valence-corrected chi connectivity index (χ0v) is 20.6. The lowest BCUT2D eigenvalue weighted by Crippen LogP contribution is -2.16. The van der Waals surface area contributed by atoms with E-state index in [1.165, 1.54) is 25.5 Å². The first-order chi connectivity index (χ1) is 17.0. The molecule has 0 aliphatic rings. The second kappa shape index (κ2) is 13.2. The average molecular weight is 474 g/mol. The quantitative estimate of drug-likeness (QED) is 0.265. The molecule has 0 radical (unpaired) electrons. The van der Waals surface area contributed by atoms with Gasteiger partial charge in [0, 0.05) is 36.4 Å². The van der Waals surface area contributed by atoms with Crippen LogP contribution in [0.25, 0.3) is 0 Å². The van der Waals surface area contributed by atoms with Gasteiger partial charge < -0.3 is 16.4 Å². The summed E-state index contributed by atoms with van der Waals surface area (Å²) in [5.41, 5.74) is 9.45. The number of anilines is 3. The molecule has 7 heteroatoms. The smallest absolute Gasteiger partial charge is 0.250 e. The fraction of sp³-hybridized carbons (Fsp3) is 0.357. The molecular formula is C28H35N5O2. The summed E-state index contributed by atoms with van der Waals surface area (Å²) in [6.07, 6.45) is 11.9. The Balaban J connectivity index is 1.68. The maximum Gasteiger partial charge on any atom is 0.250 e. The van der Waals surface area contributed by atoms with E-state index < -0.39 is 5.91 Å². The molecule has 0 saturated heterocycles. The molecule has 0 aliphatic heterocycles. The minimum Gasteiger partial charge on any atom is -0.366 e. The Labute approximate surface area is 207 Å². The van der Waals surface area contributed by atoms with Crippen molar-refractivity contribution in [1.29, 1.82) is 0 Å². The predicted octanol–water partition coefficient (Wildman–Crippen LogP) is 5.96. The van der Waals surface area contributed by atoms with E-state index >= 15 is 0 Å². The van der Waals surface area contributed by atoms with E-state index in [1.54, 1.807) is 6.20 Å². The van der Waals surface area contributed by atoms with Crippen LogP contribution >= 0.6 is 0 Å². The fourth-order valence-electron chi connectivity index (χ4n) is 4.07. The van der Waals surface area contributed by atoms with Crippen LogP contribution in [-0.4, -0.2) is 21.8 Å². The number of nitrogens with zero attached hydrogens (tertiary/aromatic N) is 2. The van der Waals surface area contributed by atoms with Gasteiger partial charge in [0.2, 0.25) is 5.91 Å². The zero-order chi connectivity index (χ0) is 25.0. The molecule has 2 heterocycles. The Morgan fingerprint density at radius 1 is 1.00 bits per heavy atom. The summed E-state index contributed by atoms with van der Waals surface area (Å²) < 4.78 is 0. The number of unbranched alkanes of at least 4 members (excludes halogenated alkanes) is 4. The van der Waals surface area contributed by atoms with Gasteiger partial charge in [0.15, 0.2) is 0 Å². The number of nitrogens with one attached hydrogen (secondary N) is 2. The molecule has 1 atom stereocenters. The van der Waals surface area contributed by atoms with Crippen molar-refractivity contribution in [2.75, 3.05) is 10.6 Å². The van der Waals surface area contributed by atoms with E-state index in [-0.39, 0.29) is 11.8 Å². The number of amides is 2. The first-order valence-corrected chi connectivity index (χ1v) is 12.3. The Morgan fingerprint density at radius 3 is 2.54 bits per heavy atom. The highest BCUT2D eigenvalue weighted by atomic mass is 16.1. The van der Waals surface area contributed by atoms with Gasteiger partial charge in [0.05, 0.1) is 5.56 Å². The second-order valence-electron chi connectivity index (χ2n) is 8.91. The van der Waals surface area contributed by atoms with E-state index in [0.717, 1.165) is 41.8 Å². The van der Waals surface area contributed by atoms with Crippen LogP contribution < -0.4 is 16.4 Å². The number of benzene rings is 1. The average Bonchev–Trinajstić information content (AvgIpc) is 2.84. The minimum atomic E-state index is -0.503. The number of carbonyl (C=O) groups is 2. The molecule has 7 nitrogen and oxygen atoms in total. The van der Waals surface area contributed by atoms with Crippen molar-refractivity contribution in [2.24, 2.45) is 5.73 Å². The Morgan fingerprint density at radius 2 is 1.80 bits per heavy atom. The van der Waals surface area contributed by atoms with E-state index in [0.29, 0.717) is 17.8 Å². The van der Waals surface area contributed by atoms with Crippen LogP contribution in [0.15, 0.2) is 61.1 Å². The van der Waals surface area contributed by atoms with Gasteiger partial charge in [-0.25, -0.2) is 4.98 Å². The van der Waals surface area contributed by atoms with Gasteiger partial charge in [-0.2, -0.15) is 0 Å². The van der Waals surface area contributed by atoms with E-state index in [1.807, 2.05) is 48.7 Å². The fourth-order valence-corrected chi connectivity index (χ4v) is 4.07. The summed E-state index contributed by atoms with van der Waals surface area (Å²) in [6, 6.07) is 13.3. The topological polar surface area (TPSA) is 110 Å². The van der Waals surface area contributed by atoms with E-state index in [2.05, 4.69) is 34.4 Å². The molecule has 0 fully saturated rings. The third-order valence-corrected chi connectivity index (χ3v) is 5.92. The van der Waals surface area contributed by atoms with Crippen molar-refractivity contribution in [2.45, 2.75) is 64.7 Å². The molecule has 184 valence electrons. The number of aromatic nitrogens is 2. The third-order valence-electron chi connectivity index (χ3n) is 5.92. The Kier molecular flexibility index (Phi) is 9.78. The molecule has 1 unspecified atom stereocenters. The van der Waals surface area contributed by atoms with Crippen LogP contribution in [0.3, 0.4) is 0 Å². The molecule has 0 saturated carbocycles. The van der Waals surface area contributed by atoms with Crippen molar-refractivity contribution < 1.29 is 9.59 Å². The molecule has 2 amide bonds. The van der Waals surface area contributed by atoms with Crippen LogP contribution in [0.5, 0.6) is 0 Å². The van der Waals surface area contributed by atoms with Gasteiger partial charge in [-0.1, -0.05) is 51.7 Å². The molecule has 3 rings (SSSR count). The Hall–Kier alpha value is -3.74. The lowest BCUT2D eigenvalue weighted by atomic mass is 9.91. The van der Waals surface area contributed by atoms with Crippen molar-refractivity contribution in [1.82, 2.24) is 9.97 Å². The third kappa shape index (κ3) is 8.21. The van der Waals surface area contributed by atoms with Crippen molar-refractivity contribution >= 4 is 29.0 Å². The summed E-state index contributed by atoms with van der Waals surface area (Å²) in [4.78, 5) is 32.9. The highest BCUT2D eigenvalue weighted by molar-refractivity contribution is 5.94. The standard InChI is InChI=1S/C28H35N5O2/c1-3-4-5-6-7-13-27(34)33-23-12-8-11-22(16-23)32-26-17-24(25(19-31-26)28(29)35)20(2)15-21-10-9-14-30-18-21/h8-12,14,16-20H,3-7,13,15H2,1-2H3,(H2,29,35)(H,31,32)(H,33,34). The first-order valence-electron chi connectivity index (χ1n) is 12.3. The SMILES string of the molecule is CCCCCCCC(=O)Nc1cccc(Nc2cc(C(C)Cc3cccnc3)c(C(N)=O)cn2)c1. The van der Waals surface area contributed by atoms with Gasteiger partial charge in [0.25, 0.3) is 5.91 Å². The number of hydrogen-bond donors (Lipinski definition) is 3. The highest BCUT2D eigenvalue weighted by Gasteiger charge is 2.17. The van der Waals surface area contributed by atoms with E-state index in [9.17, 15) is 9.59 Å². The molecule has 0 bridgehead atoms. The van der Waals surface area contributed by atoms with E-state index in [4.69, 9.17) is 5.73 Å².